The van der Waals surface area contributed by atoms with Gasteiger partial charge < -0.3 is 14.6 Å². The third-order valence-electron chi connectivity index (χ3n) is 2.34. The Morgan fingerprint density at radius 3 is 2.88 bits per heavy atom. The quantitative estimate of drug-likeness (QED) is 0.865. The fourth-order valence-corrected chi connectivity index (χ4v) is 3.98. The Balaban J connectivity index is 1.75. The molecule has 2 heterocycles. The van der Waals surface area contributed by atoms with Crippen molar-refractivity contribution in [3.8, 4) is 0 Å². The number of rotatable bonds is 5. The Morgan fingerprint density at radius 1 is 1.41 bits per heavy atom. The number of nitrogens with zero attached hydrogens (tertiary/aromatic N) is 2. The molecule has 7 heteroatoms. The highest BCUT2D eigenvalue weighted by Gasteiger charge is 2.13. The molecule has 0 atom stereocenters. The van der Waals surface area contributed by atoms with Gasteiger partial charge in [0, 0.05) is 36.2 Å². The van der Waals surface area contributed by atoms with Crippen molar-refractivity contribution in [2.45, 2.75) is 19.2 Å². The van der Waals surface area contributed by atoms with Crippen LogP contribution in [0.25, 0.3) is 0 Å². The van der Waals surface area contributed by atoms with Gasteiger partial charge >= 0.3 is 0 Å². The highest BCUT2D eigenvalue weighted by molar-refractivity contribution is 8.03. The number of nitrogens with one attached hydrogen (secondary N) is 1. The monoisotopic (exact) mass is 275 g/mol. The van der Waals surface area contributed by atoms with Gasteiger partial charge in [-0.2, -0.15) is 28.5 Å². The maximum Gasteiger partial charge on any atom is 0.240 e. The molecule has 1 N–H and O–H groups in total. The molecule has 0 aliphatic carbocycles. The summed E-state index contributed by atoms with van der Waals surface area (Å²) < 4.78 is 10.1. The first-order valence-corrected chi connectivity index (χ1v) is 7.88. The summed E-state index contributed by atoms with van der Waals surface area (Å²) in [5.41, 5.74) is 0. The smallest absolute Gasteiger partial charge is 0.240 e. The molecule has 1 aliphatic heterocycles. The van der Waals surface area contributed by atoms with Crippen LogP contribution in [0.5, 0.6) is 0 Å². The first-order chi connectivity index (χ1) is 8.38. The van der Waals surface area contributed by atoms with Crippen LogP contribution >= 0.6 is 23.5 Å². The molecule has 17 heavy (non-hydrogen) atoms. The van der Waals surface area contributed by atoms with E-state index in [1.165, 1.54) is 11.5 Å². The molecule has 0 saturated carbocycles. The first kappa shape index (κ1) is 13.2. The Labute approximate surface area is 109 Å². The predicted molar refractivity (Wildman–Crippen MR) is 70.3 cm³/mol. The average Bonchev–Trinajstić information content (AvgIpc) is 2.63. The summed E-state index contributed by atoms with van der Waals surface area (Å²) >= 11 is 4.00. The summed E-state index contributed by atoms with van der Waals surface area (Å²) in [4.78, 5) is 4.23. The molecular formula is C10H17N3O2S2. The van der Waals surface area contributed by atoms with Crippen molar-refractivity contribution in [1.82, 2.24) is 15.5 Å². The molecule has 0 unspecified atom stereocenters. The van der Waals surface area contributed by atoms with Gasteiger partial charge in [-0.15, -0.1) is 0 Å². The zero-order chi connectivity index (χ0) is 11.9. The van der Waals surface area contributed by atoms with Crippen molar-refractivity contribution < 1.29 is 9.26 Å². The van der Waals surface area contributed by atoms with Gasteiger partial charge in [-0.25, -0.2) is 0 Å². The number of thioether (sulfide) groups is 2. The maximum atomic E-state index is 5.12. The summed E-state index contributed by atoms with van der Waals surface area (Å²) in [5.74, 6) is 6.06. The van der Waals surface area contributed by atoms with Crippen LogP contribution in [0.1, 0.15) is 11.7 Å². The molecule has 1 aromatic rings. The molecule has 5 nitrogen and oxygen atoms in total. The lowest BCUT2D eigenvalue weighted by Gasteiger charge is -2.13. The molecular weight excluding hydrogens is 258 g/mol. The summed E-state index contributed by atoms with van der Waals surface area (Å²) in [6.07, 6.45) is 0. The molecule has 2 rings (SSSR count). The van der Waals surface area contributed by atoms with E-state index in [0.717, 1.165) is 11.5 Å². The molecule has 0 bridgehead atoms. The van der Waals surface area contributed by atoms with Gasteiger partial charge in [0.1, 0.15) is 6.61 Å². The van der Waals surface area contributed by atoms with E-state index in [1.54, 1.807) is 7.11 Å². The minimum atomic E-state index is 0.401. The zero-order valence-electron chi connectivity index (χ0n) is 9.85. The normalized spacial score (nSPS) is 18.2. The minimum absolute atomic E-state index is 0.401. The van der Waals surface area contributed by atoms with Crippen LogP contribution in [-0.2, 0) is 17.9 Å². The Morgan fingerprint density at radius 2 is 2.18 bits per heavy atom. The molecule has 0 aromatic carbocycles. The number of ether oxygens (including phenoxy) is 1. The minimum Gasteiger partial charge on any atom is -0.377 e. The molecule has 96 valence electrons. The summed E-state index contributed by atoms with van der Waals surface area (Å²) in [6.45, 7) is 1.04. The Hall–Kier alpha value is -0.240. The standard InChI is InChI=1S/C10H17N3O2S2/c1-14-5-9-12-10(15-13-9)4-11-8-6-16-2-3-17-7-8/h8,11H,2-7H2,1H3. The third kappa shape index (κ3) is 4.50. The van der Waals surface area contributed by atoms with Gasteiger partial charge in [0.15, 0.2) is 5.82 Å². The maximum absolute atomic E-state index is 5.12. The molecule has 0 radical (unpaired) electrons. The summed E-state index contributed by atoms with van der Waals surface area (Å²) in [5, 5.41) is 7.28. The third-order valence-corrected chi connectivity index (χ3v) is 4.86. The van der Waals surface area contributed by atoms with Crippen LogP contribution in [0.15, 0.2) is 4.52 Å². The van der Waals surface area contributed by atoms with E-state index < -0.39 is 0 Å². The first-order valence-electron chi connectivity index (χ1n) is 5.57. The van der Waals surface area contributed by atoms with Crippen molar-refractivity contribution in [2.24, 2.45) is 0 Å². The Kier molecular flexibility index (Phi) is 5.63. The van der Waals surface area contributed by atoms with Crippen molar-refractivity contribution in [1.29, 1.82) is 0 Å². The number of methoxy groups -OCH3 is 1. The van der Waals surface area contributed by atoms with Crippen LogP contribution in [-0.4, -0.2) is 46.3 Å². The summed E-state index contributed by atoms with van der Waals surface area (Å²) in [6, 6.07) is 0.533. The lowest BCUT2D eigenvalue weighted by atomic mass is 10.4. The van der Waals surface area contributed by atoms with Crippen molar-refractivity contribution in [3.05, 3.63) is 11.7 Å². The Bertz CT molecular complexity index is 327. The van der Waals surface area contributed by atoms with Crippen LogP contribution in [0.4, 0.5) is 0 Å². The van der Waals surface area contributed by atoms with Crippen LogP contribution in [0, 0.1) is 0 Å². The molecule has 0 spiro atoms. The second kappa shape index (κ2) is 7.25. The molecule has 1 aromatic heterocycles. The highest BCUT2D eigenvalue weighted by Crippen LogP contribution is 2.16. The van der Waals surface area contributed by atoms with E-state index in [9.17, 15) is 0 Å². The number of hydrogen-bond acceptors (Lipinski definition) is 7. The molecule has 1 aliphatic rings. The topological polar surface area (TPSA) is 60.2 Å². The van der Waals surface area contributed by atoms with Crippen molar-refractivity contribution in [3.63, 3.8) is 0 Å². The largest absolute Gasteiger partial charge is 0.377 e. The van der Waals surface area contributed by atoms with E-state index in [-0.39, 0.29) is 0 Å². The van der Waals surface area contributed by atoms with E-state index in [0.29, 0.717) is 30.9 Å². The molecule has 1 saturated heterocycles. The second-order valence-electron chi connectivity index (χ2n) is 3.77. The van der Waals surface area contributed by atoms with E-state index >= 15 is 0 Å². The molecule has 0 amide bonds. The predicted octanol–water partition coefficient (Wildman–Crippen LogP) is 1.15. The highest BCUT2D eigenvalue weighted by atomic mass is 32.2. The summed E-state index contributed by atoms with van der Waals surface area (Å²) in [7, 11) is 1.62. The number of hydrogen-bond donors (Lipinski definition) is 1. The van der Waals surface area contributed by atoms with Crippen LogP contribution in [0.3, 0.4) is 0 Å². The van der Waals surface area contributed by atoms with Gasteiger partial charge in [0.2, 0.25) is 5.89 Å². The van der Waals surface area contributed by atoms with E-state index in [2.05, 4.69) is 15.5 Å². The SMILES string of the molecule is COCc1noc(CNC2CSCCSC2)n1. The van der Waals surface area contributed by atoms with E-state index in [4.69, 9.17) is 9.26 Å². The molecule has 1 fully saturated rings. The van der Waals surface area contributed by atoms with Crippen LogP contribution in [0.2, 0.25) is 0 Å². The fourth-order valence-electron chi connectivity index (χ4n) is 1.52. The number of aromatic nitrogens is 2. The van der Waals surface area contributed by atoms with Gasteiger partial charge in [0.25, 0.3) is 0 Å². The van der Waals surface area contributed by atoms with Gasteiger partial charge in [-0.3, -0.25) is 0 Å². The van der Waals surface area contributed by atoms with Crippen LogP contribution < -0.4 is 5.32 Å². The average molecular weight is 275 g/mol. The van der Waals surface area contributed by atoms with Crippen molar-refractivity contribution >= 4 is 23.5 Å². The van der Waals surface area contributed by atoms with Gasteiger partial charge in [-0.1, -0.05) is 5.16 Å². The van der Waals surface area contributed by atoms with Gasteiger partial charge in [0.05, 0.1) is 6.54 Å². The second-order valence-corrected chi connectivity index (χ2v) is 6.06. The lowest BCUT2D eigenvalue weighted by Crippen LogP contribution is -2.32. The van der Waals surface area contributed by atoms with Crippen molar-refractivity contribution in [2.75, 3.05) is 30.1 Å². The van der Waals surface area contributed by atoms with E-state index in [1.807, 2.05) is 23.5 Å². The fraction of sp³-hybridized carbons (Fsp3) is 0.800. The zero-order valence-corrected chi connectivity index (χ0v) is 11.5. The lowest BCUT2D eigenvalue weighted by molar-refractivity contribution is 0.174. The van der Waals surface area contributed by atoms with Gasteiger partial charge in [-0.05, 0) is 0 Å².